The number of nitrogens with one attached hydrogen (secondary N) is 1. The Morgan fingerprint density at radius 2 is 2.00 bits per heavy atom. The maximum absolute atomic E-state index is 12.1. The molecule has 0 saturated heterocycles. The van der Waals surface area contributed by atoms with E-state index in [-0.39, 0.29) is 5.02 Å². The number of hydrogen-bond donors (Lipinski definition) is 2. The highest BCUT2D eigenvalue weighted by atomic mass is 35.5. The minimum absolute atomic E-state index is 0.270. The highest BCUT2D eigenvalue weighted by molar-refractivity contribution is 7.93. The summed E-state index contributed by atoms with van der Waals surface area (Å²) < 4.78 is 24.2. The van der Waals surface area contributed by atoms with Crippen LogP contribution in [-0.4, -0.2) is 24.8 Å². The van der Waals surface area contributed by atoms with Gasteiger partial charge in [-0.15, -0.1) is 0 Å². The van der Waals surface area contributed by atoms with Crippen LogP contribution in [-0.2, 0) is 14.6 Å². The normalized spacial score (nSPS) is 14.6. The molecule has 2 atom stereocenters. The van der Waals surface area contributed by atoms with E-state index in [0.717, 1.165) is 0 Å². The first-order valence-electron chi connectivity index (χ1n) is 6.28. The van der Waals surface area contributed by atoms with Gasteiger partial charge in [0.15, 0.2) is 9.84 Å². The zero-order valence-corrected chi connectivity index (χ0v) is 13.3. The van der Waals surface area contributed by atoms with Crippen molar-refractivity contribution in [3.05, 3.63) is 23.2 Å². The summed E-state index contributed by atoms with van der Waals surface area (Å²) in [6.45, 7) is 4.74. The number of carbonyl (C=O) groups is 1. The average molecular weight is 319 g/mol. The van der Waals surface area contributed by atoms with Gasteiger partial charge in [-0.05, 0) is 38.5 Å². The average Bonchev–Trinajstić information content (AvgIpc) is 2.39. The van der Waals surface area contributed by atoms with Crippen molar-refractivity contribution in [2.45, 2.75) is 37.7 Å². The molecule has 1 aromatic carbocycles. The molecule has 0 saturated carbocycles. The monoisotopic (exact) mass is 318 g/mol. The number of rotatable bonds is 5. The highest BCUT2D eigenvalue weighted by Gasteiger charge is 2.32. The number of nitrogens with two attached hydrogens (primary N) is 1. The maximum Gasteiger partial charge on any atom is 0.242 e. The minimum Gasteiger partial charge on any atom is -0.399 e. The minimum atomic E-state index is -3.51. The number of nitrogen functional groups attached to an aromatic ring is 1. The molecule has 1 rings (SSSR count). The second-order valence-corrected chi connectivity index (χ2v) is 7.78. The lowest BCUT2D eigenvalue weighted by molar-refractivity contribution is -0.115. The van der Waals surface area contributed by atoms with Crippen molar-refractivity contribution in [2.75, 3.05) is 11.1 Å². The summed E-state index contributed by atoms with van der Waals surface area (Å²) in [6, 6.07) is 4.61. The fourth-order valence-corrected chi connectivity index (χ4v) is 3.35. The first kappa shape index (κ1) is 16.8. The molecule has 0 radical (unpaired) electrons. The van der Waals surface area contributed by atoms with Crippen LogP contribution in [0.3, 0.4) is 0 Å². The van der Waals surface area contributed by atoms with E-state index in [0.29, 0.717) is 17.8 Å². The third-order valence-corrected chi connectivity index (χ3v) is 6.22. The predicted molar refractivity (Wildman–Crippen MR) is 82.6 cm³/mol. The summed E-state index contributed by atoms with van der Waals surface area (Å²) >= 11 is 5.94. The van der Waals surface area contributed by atoms with Gasteiger partial charge in [-0.1, -0.05) is 18.5 Å². The van der Waals surface area contributed by atoms with Gasteiger partial charge in [0.05, 0.1) is 16.0 Å². The van der Waals surface area contributed by atoms with E-state index in [1.165, 1.54) is 19.1 Å². The van der Waals surface area contributed by atoms with Gasteiger partial charge in [0.25, 0.3) is 0 Å². The Balaban J connectivity index is 2.91. The van der Waals surface area contributed by atoms with E-state index in [1.54, 1.807) is 19.9 Å². The molecule has 1 aromatic rings. The standard InChI is InChI=1S/C13H19ClN2O3S/c1-4-8(2)20(18,19)9(3)13(17)16-12-6-5-10(15)7-11(12)14/h5-9H,4,15H2,1-3H3,(H,16,17). The van der Waals surface area contributed by atoms with E-state index in [1.807, 2.05) is 0 Å². The Hall–Kier alpha value is -1.27. The molecular weight excluding hydrogens is 300 g/mol. The van der Waals surface area contributed by atoms with Crippen LogP contribution in [0.25, 0.3) is 0 Å². The number of amides is 1. The molecule has 112 valence electrons. The second kappa shape index (κ2) is 6.45. The zero-order chi connectivity index (χ0) is 15.5. The molecule has 0 bridgehead atoms. The van der Waals surface area contributed by atoms with Gasteiger partial charge in [-0.25, -0.2) is 8.42 Å². The summed E-state index contributed by atoms with van der Waals surface area (Å²) in [5.74, 6) is -0.600. The van der Waals surface area contributed by atoms with Crippen molar-refractivity contribution < 1.29 is 13.2 Å². The van der Waals surface area contributed by atoms with E-state index in [2.05, 4.69) is 5.32 Å². The van der Waals surface area contributed by atoms with Gasteiger partial charge in [-0.2, -0.15) is 0 Å². The third kappa shape index (κ3) is 3.64. The topological polar surface area (TPSA) is 89.3 Å². The number of carbonyl (C=O) groups excluding carboxylic acids is 1. The number of benzene rings is 1. The van der Waals surface area contributed by atoms with E-state index in [9.17, 15) is 13.2 Å². The van der Waals surface area contributed by atoms with Gasteiger partial charge in [-0.3, -0.25) is 4.79 Å². The van der Waals surface area contributed by atoms with Crippen LogP contribution in [0.15, 0.2) is 18.2 Å². The van der Waals surface area contributed by atoms with Crippen LogP contribution in [0, 0.1) is 0 Å². The predicted octanol–water partition coefficient (Wildman–Crippen LogP) is 2.46. The molecule has 7 heteroatoms. The molecule has 0 aliphatic rings. The summed E-state index contributed by atoms with van der Waals surface area (Å²) in [4.78, 5) is 12.0. The maximum atomic E-state index is 12.1. The molecule has 0 fully saturated rings. The van der Waals surface area contributed by atoms with Crippen molar-refractivity contribution in [1.82, 2.24) is 0 Å². The van der Waals surface area contributed by atoms with Crippen LogP contribution in [0.4, 0.5) is 11.4 Å². The Kier molecular flexibility index (Phi) is 5.42. The van der Waals surface area contributed by atoms with Crippen molar-refractivity contribution in [2.24, 2.45) is 0 Å². The Morgan fingerprint density at radius 3 is 2.50 bits per heavy atom. The van der Waals surface area contributed by atoms with Crippen LogP contribution in [0.2, 0.25) is 5.02 Å². The lowest BCUT2D eigenvalue weighted by Gasteiger charge is -2.17. The summed E-state index contributed by atoms with van der Waals surface area (Å²) in [5, 5.41) is 1.09. The van der Waals surface area contributed by atoms with Crippen molar-refractivity contribution in [3.63, 3.8) is 0 Å². The van der Waals surface area contributed by atoms with Gasteiger partial charge in [0.2, 0.25) is 5.91 Å². The van der Waals surface area contributed by atoms with E-state index in [4.69, 9.17) is 17.3 Å². The van der Waals surface area contributed by atoms with Crippen molar-refractivity contribution >= 4 is 38.7 Å². The zero-order valence-electron chi connectivity index (χ0n) is 11.7. The SMILES string of the molecule is CCC(C)S(=O)(=O)C(C)C(=O)Nc1ccc(N)cc1Cl. The molecule has 3 N–H and O–H groups in total. The Labute approximate surface area is 124 Å². The molecule has 0 heterocycles. The fraction of sp³-hybridized carbons (Fsp3) is 0.462. The largest absolute Gasteiger partial charge is 0.399 e. The lowest BCUT2D eigenvalue weighted by atomic mass is 10.2. The van der Waals surface area contributed by atoms with Crippen LogP contribution < -0.4 is 11.1 Å². The Bertz CT molecular complexity index is 602. The number of anilines is 2. The second-order valence-electron chi connectivity index (χ2n) is 4.68. The first-order chi connectivity index (χ1) is 9.20. The molecule has 0 spiro atoms. The van der Waals surface area contributed by atoms with Gasteiger partial charge >= 0.3 is 0 Å². The van der Waals surface area contributed by atoms with Crippen LogP contribution in [0.5, 0.6) is 0 Å². The molecule has 0 aliphatic heterocycles. The molecule has 20 heavy (non-hydrogen) atoms. The fourth-order valence-electron chi connectivity index (χ4n) is 1.60. The first-order valence-corrected chi connectivity index (χ1v) is 8.27. The van der Waals surface area contributed by atoms with E-state index < -0.39 is 26.2 Å². The Morgan fingerprint density at radius 1 is 1.40 bits per heavy atom. The quantitative estimate of drug-likeness (QED) is 0.816. The highest BCUT2D eigenvalue weighted by Crippen LogP contribution is 2.25. The molecule has 5 nitrogen and oxygen atoms in total. The summed E-state index contributed by atoms with van der Waals surface area (Å²) in [7, 11) is -3.51. The van der Waals surface area contributed by atoms with Crippen LogP contribution in [0.1, 0.15) is 27.2 Å². The van der Waals surface area contributed by atoms with Crippen molar-refractivity contribution in [3.8, 4) is 0 Å². The van der Waals surface area contributed by atoms with Gasteiger partial charge in [0, 0.05) is 5.69 Å². The lowest BCUT2D eigenvalue weighted by Crippen LogP contribution is -2.37. The van der Waals surface area contributed by atoms with Crippen molar-refractivity contribution in [1.29, 1.82) is 0 Å². The number of sulfone groups is 1. The molecule has 0 aliphatic carbocycles. The molecular formula is C13H19ClN2O3S. The van der Waals surface area contributed by atoms with Gasteiger partial charge < -0.3 is 11.1 Å². The molecule has 2 unspecified atom stereocenters. The number of halogens is 1. The molecule has 0 aromatic heterocycles. The third-order valence-electron chi connectivity index (χ3n) is 3.25. The summed E-state index contributed by atoms with van der Waals surface area (Å²) in [5.41, 5.74) is 6.36. The van der Waals surface area contributed by atoms with Gasteiger partial charge in [0.1, 0.15) is 5.25 Å². The summed E-state index contributed by atoms with van der Waals surface area (Å²) in [6.07, 6.45) is 0.461. The van der Waals surface area contributed by atoms with E-state index >= 15 is 0 Å². The smallest absolute Gasteiger partial charge is 0.242 e. The number of hydrogen-bond acceptors (Lipinski definition) is 4. The molecule has 1 amide bonds. The van der Waals surface area contributed by atoms with Crippen LogP contribution >= 0.6 is 11.6 Å².